The summed E-state index contributed by atoms with van der Waals surface area (Å²) in [5, 5.41) is 12.9. The molecule has 40 heavy (non-hydrogen) atoms. The highest BCUT2D eigenvalue weighted by molar-refractivity contribution is 6.47. The van der Waals surface area contributed by atoms with Crippen molar-refractivity contribution in [2.45, 2.75) is 12.5 Å². The lowest BCUT2D eigenvalue weighted by molar-refractivity contribution is -0.139. The predicted molar refractivity (Wildman–Crippen MR) is 154 cm³/mol. The standard InChI is InChI=1S/C30H26Cl2N2O6/c1-38-19-6-8-23-21(14-19)17(15-33-23)10-11-34-27(16-4-9-24(39-2)25(12-16)40-3)26(29(36)30(34)37)28(35)20-7-5-18(31)13-22(20)32/h4-9,12-15,27,33,35H,10-11H2,1-3H3/t27-/m0/s1. The summed E-state index contributed by atoms with van der Waals surface area (Å²) >= 11 is 12.4. The third kappa shape index (κ3) is 4.85. The molecule has 0 saturated carbocycles. The highest BCUT2D eigenvalue weighted by atomic mass is 35.5. The van der Waals surface area contributed by atoms with E-state index in [0.717, 1.165) is 16.5 Å². The Morgan fingerprint density at radius 2 is 1.73 bits per heavy atom. The maximum atomic E-state index is 13.5. The number of hydrogen-bond acceptors (Lipinski definition) is 6. The van der Waals surface area contributed by atoms with Gasteiger partial charge < -0.3 is 29.2 Å². The molecule has 10 heteroatoms. The Hall–Kier alpha value is -4.14. The number of aliphatic hydroxyl groups is 1. The maximum Gasteiger partial charge on any atom is 0.295 e. The van der Waals surface area contributed by atoms with Crippen molar-refractivity contribution in [3.63, 3.8) is 0 Å². The van der Waals surface area contributed by atoms with E-state index in [4.69, 9.17) is 37.4 Å². The Morgan fingerprint density at radius 3 is 2.42 bits per heavy atom. The van der Waals surface area contributed by atoms with Crippen LogP contribution in [0.1, 0.15) is 22.7 Å². The number of halogens is 2. The number of aromatic nitrogens is 1. The van der Waals surface area contributed by atoms with Crippen molar-refractivity contribution in [2.75, 3.05) is 27.9 Å². The number of Topliss-reactive ketones (excluding diaryl/α,β-unsaturated/α-hetero) is 1. The number of benzene rings is 3. The molecule has 0 unspecified atom stereocenters. The number of H-pyrrole nitrogens is 1. The Balaban J connectivity index is 1.61. The highest BCUT2D eigenvalue weighted by Crippen LogP contribution is 2.43. The highest BCUT2D eigenvalue weighted by Gasteiger charge is 2.46. The third-order valence-electron chi connectivity index (χ3n) is 7.05. The van der Waals surface area contributed by atoms with Gasteiger partial charge in [0.1, 0.15) is 11.5 Å². The van der Waals surface area contributed by atoms with Crippen LogP contribution in [0.4, 0.5) is 0 Å². The van der Waals surface area contributed by atoms with Gasteiger partial charge in [-0.3, -0.25) is 9.59 Å². The monoisotopic (exact) mass is 580 g/mol. The van der Waals surface area contributed by atoms with Gasteiger partial charge in [-0.2, -0.15) is 0 Å². The van der Waals surface area contributed by atoms with Crippen molar-refractivity contribution < 1.29 is 28.9 Å². The number of carbonyl (C=O) groups is 2. The molecule has 5 rings (SSSR count). The van der Waals surface area contributed by atoms with Crippen LogP contribution in [0.2, 0.25) is 10.0 Å². The van der Waals surface area contributed by atoms with E-state index < -0.39 is 17.7 Å². The Bertz CT molecular complexity index is 1660. The molecule has 2 heterocycles. The Labute approximate surface area is 240 Å². The quantitative estimate of drug-likeness (QED) is 0.147. The summed E-state index contributed by atoms with van der Waals surface area (Å²) in [6.45, 7) is 0.193. The number of likely N-dealkylation sites (tertiary alicyclic amines) is 1. The molecule has 2 N–H and O–H groups in total. The lowest BCUT2D eigenvalue weighted by Gasteiger charge is -2.26. The van der Waals surface area contributed by atoms with Gasteiger partial charge >= 0.3 is 0 Å². The minimum absolute atomic E-state index is 0.0814. The first-order valence-corrected chi connectivity index (χ1v) is 13.1. The normalized spacial score (nSPS) is 16.5. The van der Waals surface area contributed by atoms with Crippen LogP contribution in [-0.2, 0) is 16.0 Å². The largest absolute Gasteiger partial charge is 0.507 e. The maximum absolute atomic E-state index is 13.5. The number of fused-ring (bicyclic) bond motifs is 1. The average Bonchev–Trinajstić information content (AvgIpc) is 3.48. The van der Waals surface area contributed by atoms with Crippen molar-refractivity contribution >= 4 is 51.6 Å². The molecule has 0 aliphatic carbocycles. The molecule has 1 aliphatic rings. The topological polar surface area (TPSA) is 101 Å². The number of hydrogen-bond donors (Lipinski definition) is 2. The first-order chi connectivity index (χ1) is 19.3. The van der Waals surface area contributed by atoms with Crippen molar-refractivity contribution in [1.82, 2.24) is 9.88 Å². The zero-order valence-corrected chi connectivity index (χ0v) is 23.5. The fraction of sp³-hybridized carbons (Fsp3) is 0.200. The lowest BCUT2D eigenvalue weighted by atomic mass is 9.94. The number of nitrogens with one attached hydrogen (secondary N) is 1. The van der Waals surface area contributed by atoms with Gasteiger partial charge in [-0.1, -0.05) is 29.3 Å². The molecule has 8 nitrogen and oxygen atoms in total. The molecule has 1 fully saturated rings. The molecular formula is C30H26Cl2N2O6. The van der Waals surface area contributed by atoms with Crippen LogP contribution >= 0.6 is 23.2 Å². The number of amides is 1. The number of nitrogens with zero attached hydrogens (tertiary/aromatic N) is 1. The van der Waals surface area contributed by atoms with Crippen molar-refractivity contribution in [1.29, 1.82) is 0 Å². The summed E-state index contributed by atoms with van der Waals surface area (Å²) in [6.07, 6.45) is 2.31. The number of methoxy groups -OCH3 is 3. The van der Waals surface area contributed by atoms with Gasteiger partial charge in [-0.15, -0.1) is 0 Å². The molecule has 0 radical (unpaired) electrons. The van der Waals surface area contributed by atoms with E-state index in [1.165, 1.54) is 31.3 Å². The molecule has 1 atom stereocenters. The summed E-state index contributed by atoms with van der Waals surface area (Å²) in [6, 6.07) is 14.4. The van der Waals surface area contributed by atoms with E-state index in [0.29, 0.717) is 34.3 Å². The molecule has 0 bridgehead atoms. The van der Waals surface area contributed by atoms with Crippen LogP contribution in [0.5, 0.6) is 17.2 Å². The summed E-state index contributed by atoms with van der Waals surface area (Å²) < 4.78 is 16.2. The first-order valence-electron chi connectivity index (χ1n) is 12.4. The molecule has 1 aromatic heterocycles. The fourth-order valence-electron chi connectivity index (χ4n) is 5.04. The minimum atomic E-state index is -0.911. The SMILES string of the molecule is COc1ccc2[nH]cc(CCN3C(=O)C(=O)C(=C(O)c4ccc(Cl)cc4Cl)[C@@H]3c3ccc(OC)c(OC)c3)c2c1. The van der Waals surface area contributed by atoms with Crippen molar-refractivity contribution in [2.24, 2.45) is 0 Å². The van der Waals surface area contributed by atoms with Crippen LogP contribution in [-0.4, -0.2) is 54.6 Å². The van der Waals surface area contributed by atoms with Crippen LogP contribution in [0.15, 0.2) is 66.4 Å². The van der Waals surface area contributed by atoms with Crippen molar-refractivity contribution in [3.05, 3.63) is 93.1 Å². The van der Waals surface area contributed by atoms with Gasteiger partial charge in [-0.05, 0) is 66.1 Å². The molecule has 206 valence electrons. The van der Waals surface area contributed by atoms with E-state index in [9.17, 15) is 14.7 Å². The number of rotatable bonds is 8. The summed E-state index contributed by atoms with van der Waals surface area (Å²) in [4.78, 5) is 31.6. The smallest absolute Gasteiger partial charge is 0.295 e. The Morgan fingerprint density at radius 1 is 0.950 bits per heavy atom. The Kier molecular flexibility index (Phi) is 7.65. The molecular weight excluding hydrogens is 555 g/mol. The van der Waals surface area contributed by atoms with Gasteiger partial charge in [0.25, 0.3) is 11.7 Å². The summed E-state index contributed by atoms with van der Waals surface area (Å²) in [5.74, 6) is -0.332. The van der Waals surface area contributed by atoms with Gasteiger partial charge in [0.2, 0.25) is 0 Å². The molecule has 1 saturated heterocycles. The van der Waals surface area contributed by atoms with Crippen molar-refractivity contribution in [3.8, 4) is 17.2 Å². The summed E-state index contributed by atoms with van der Waals surface area (Å²) in [5.41, 5.74) is 2.54. The molecule has 1 aliphatic heterocycles. The van der Waals surface area contributed by atoms with Gasteiger partial charge in [0.15, 0.2) is 11.5 Å². The molecule has 4 aromatic rings. The zero-order chi connectivity index (χ0) is 28.6. The summed E-state index contributed by atoms with van der Waals surface area (Å²) in [7, 11) is 4.61. The fourth-order valence-corrected chi connectivity index (χ4v) is 5.54. The lowest BCUT2D eigenvalue weighted by Crippen LogP contribution is -2.31. The first kappa shape index (κ1) is 27.4. The van der Waals surface area contributed by atoms with Crippen LogP contribution in [0.3, 0.4) is 0 Å². The zero-order valence-electron chi connectivity index (χ0n) is 22.0. The van der Waals surface area contributed by atoms with E-state index in [1.54, 1.807) is 31.4 Å². The van der Waals surface area contributed by atoms with Gasteiger partial charge in [0, 0.05) is 34.2 Å². The van der Waals surface area contributed by atoms with Crippen LogP contribution < -0.4 is 14.2 Å². The van der Waals surface area contributed by atoms with E-state index in [2.05, 4.69) is 4.98 Å². The van der Waals surface area contributed by atoms with E-state index in [-0.39, 0.29) is 28.5 Å². The number of ether oxygens (including phenoxy) is 3. The van der Waals surface area contributed by atoms with Gasteiger partial charge in [0.05, 0.1) is 38.0 Å². The second-order valence-corrected chi connectivity index (χ2v) is 10.1. The van der Waals surface area contributed by atoms with E-state index in [1.807, 2.05) is 24.4 Å². The number of aromatic amines is 1. The van der Waals surface area contributed by atoms with E-state index >= 15 is 0 Å². The van der Waals surface area contributed by atoms with Gasteiger partial charge in [-0.25, -0.2) is 0 Å². The predicted octanol–water partition coefficient (Wildman–Crippen LogP) is 6.16. The molecule has 3 aromatic carbocycles. The molecule has 1 amide bonds. The average molecular weight is 581 g/mol. The van der Waals surface area contributed by atoms with Crippen LogP contribution in [0, 0.1) is 0 Å². The second-order valence-electron chi connectivity index (χ2n) is 9.21. The minimum Gasteiger partial charge on any atom is -0.507 e. The third-order valence-corrected chi connectivity index (χ3v) is 7.59. The molecule has 0 spiro atoms. The number of ketones is 1. The number of aliphatic hydroxyl groups excluding tert-OH is 1. The van der Waals surface area contributed by atoms with Crippen LogP contribution in [0.25, 0.3) is 16.7 Å². The second kappa shape index (κ2) is 11.2. The number of carbonyl (C=O) groups excluding carboxylic acids is 2.